The number of carbonyl (C=O) groups excluding carboxylic acids is 2. The lowest BCUT2D eigenvalue weighted by molar-refractivity contribution is -0.139. The number of aryl methyl sites for hydroxylation is 1. The minimum Gasteiger partial charge on any atom is -0.493 e. The van der Waals surface area contributed by atoms with Gasteiger partial charge in [0.15, 0.2) is 11.5 Å². The molecule has 4 aromatic carbocycles. The third-order valence-electron chi connectivity index (χ3n) is 7.21. The van der Waals surface area contributed by atoms with E-state index in [1.54, 1.807) is 17.0 Å². The smallest absolute Gasteiger partial charge is 0.251 e. The fourth-order valence-corrected chi connectivity index (χ4v) is 4.87. The van der Waals surface area contributed by atoms with Crippen molar-refractivity contribution in [3.8, 4) is 17.2 Å². The first-order valence-electron chi connectivity index (χ1n) is 14.0. The number of nitrogens with zero attached hydrogens (tertiary/aromatic N) is 2. The van der Waals surface area contributed by atoms with E-state index in [0.717, 1.165) is 22.4 Å². The zero-order valence-electron chi connectivity index (χ0n) is 25.6. The van der Waals surface area contributed by atoms with Gasteiger partial charge in [0.25, 0.3) is 5.91 Å². The Labute approximate surface area is 253 Å². The highest BCUT2D eigenvalue weighted by Crippen LogP contribution is 2.41. The Hall–Kier alpha value is -4.98. The van der Waals surface area contributed by atoms with Crippen LogP contribution in [-0.2, 0) is 22.6 Å². The predicted molar refractivity (Wildman–Crippen MR) is 170 cm³/mol. The Morgan fingerprint density at radius 1 is 0.767 bits per heavy atom. The first kappa shape index (κ1) is 31.0. The van der Waals surface area contributed by atoms with Gasteiger partial charge in [0.1, 0.15) is 6.04 Å². The molecular formula is C35H39N3O5. The SMILES string of the molecule is COc1cc([C@@H](C(=O)Nc2ccc(N(C)C)cc2)N(Cc2ccc(C)cc2)C(=O)Cc2ccccc2)cc(OC)c1OC. The monoisotopic (exact) mass is 581 g/mol. The van der Waals surface area contributed by atoms with E-state index in [9.17, 15) is 9.59 Å². The number of nitrogens with one attached hydrogen (secondary N) is 1. The summed E-state index contributed by atoms with van der Waals surface area (Å²) in [7, 11) is 8.47. The molecule has 0 bridgehead atoms. The van der Waals surface area contributed by atoms with Gasteiger partial charge in [0.2, 0.25) is 11.7 Å². The van der Waals surface area contributed by atoms with Crippen molar-refractivity contribution in [2.24, 2.45) is 0 Å². The summed E-state index contributed by atoms with van der Waals surface area (Å²) >= 11 is 0. The summed E-state index contributed by atoms with van der Waals surface area (Å²) in [4.78, 5) is 32.1. The number of carbonyl (C=O) groups is 2. The number of methoxy groups -OCH3 is 3. The lowest BCUT2D eigenvalue weighted by Crippen LogP contribution is -2.41. The summed E-state index contributed by atoms with van der Waals surface area (Å²) in [5, 5.41) is 3.04. The zero-order valence-corrected chi connectivity index (χ0v) is 25.6. The molecule has 0 fully saturated rings. The van der Waals surface area contributed by atoms with Crippen LogP contribution in [0.5, 0.6) is 17.2 Å². The molecule has 0 aliphatic carbocycles. The Morgan fingerprint density at radius 2 is 1.37 bits per heavy atom. The highest BCUT2D eigenvalue weighted by atomic mass is 16.5. The molecule has 8 heteroatoms. The summed E-state index contributed by atoms with van der Waals surface area (Å²) < 4.78 is 16.8. The Balaban J connectivity index is 1.84. The molecule has 0 heterocycles. The molecule has 0 aromatic heterocycles. The van der Waals surface area contributed by atoms with E-state index in [1.807, 2.05) is 105 Å². The van der Waals surface area contributed by atoms with E-state index in [1.165, 1.54) is 21.3 Å². The number of ether oxygens (including phenoxy) is 3. The second-order valence-electron chi connectivity index (χ2n) is 10.5. The second kappa shape index (κ2) is 14.3. The number of rotatable bonds is 12. The van der Waals surface area contributed by atoms with Crippen molar-refractivity contribution in [3.63, 3.8) is 0 Å². The fraction of sp³-hybridized carbons (Fsp3) is 0.257. The average molecular weight is 582 g/mol. The third-order valence-corrected chi connectivity index (χ3v) is 7.21. The number of amides is 2. The minimum atomic E-state index is -1.03. The molecule has 1 N–H and O–H groups in total. The summed E-state index contributed by atoms with van der Waals surface area (Å²) in [6.07, 6.45) is 0.123. The van der Waals surface area contributed by atoms with E-state index < -0.39 is 6.04 Å². The van der Waals surface area contributed by atoms with Crippen molar-refractivity contribution in [2.45, 2.75) is 25.9 Å². The normalized spacial score (nSPS) is 11.3. The van der Waals surface area contributed by atoms with Crippen LogP contribution in [0.25, 0.3) is 0 Å². The first-order valence-corrected chi connectivity index (χ1v) is 14.0. The van der Waals surface area contributed by atoms with Crippen molar-refractivity contribution in [1.29, 1.82) is 0 Å². The number of benzene rings is 4. The lowest BCUT2D eigenvalue weighted by Gasteiger charge is -2.32. The molecule has 4 aromatic rings. The Bertz CT molecular complexity index is 1490. The van der Waals surface area contributed by atoms with Crippen LogP contribution in [0.1, 0.15) is 28.3 Å². The first-order chi connectivity index (χ1) is 20.7. The van der Waals surface area contributed by atoms with Crippen LogP contribution in [0.3, 0.4) is 0 Å². The summed E-state index contributed by atoms with van der Waals surface area (Å²) in [5.74, 6) is 0.587. The molecule has 2 amide bonds. The van der Waals surface area contributed by atoms with Gasteiger partial charge in [-0.3, -0.25) is 9.59 Å². The fourth-order valence-electron chi connectivity index (χ4n) is 4.87. The largest absolute Gasteiger partial charge is 0.493 e. The zero-order chi connectivity index (χ0) is 30.9. The van der Waals surface area contributed by atoms with E-state index in [-0.39, 0.29) is 24.8 Å². The topological polar surface area (TPSA) is 80.3 Å². The molecule has 43 heavy (non-hydrogen) atoms. The van der Waals surface area contributed by atoms with Gasteiger partial charge < -0.3 is 29.3 Å². The van der Waals surface area contributed by atoms with Gasteiger partial charge >= 0.3 is 0 Å². The Morgan fingerprint density at radius 3 is 1.91 bits per heavy atom. The summed E-state index contributed by atoms with van der Waals surface area (Å²) in [6.45, 7) is 2.22. The summed E-state index contributed by atoms with van der Waals surface area (Å²) in [5.41, 5.74) is 4.98. The standard InChI is InChI=1S/C35H39N3O5/c1-24-12-14-26(15-13-24)23-38(32(39)20-25-10-8-7-9-11-25)33(27-21-30(41-4)34(43-6)31(22-27)42-5)35(40)36-28-16-18-29(19-17-28)37(2)3/h7-19,21-22,33H,20,23H2,1-6H3,(H,36,40)/t33-/m0/s1. The molecule has 0 spiro atoms. The number of anilines is 2. The molecule has 0 aliphatic rings. The molecule has 0 unspecified atom stereocenters. The van der Waals surface area contributed by atoms with Gasteiger partial charge in [-0.2, -0.15) is 0 Å². The van der Waals surface area contributed by atoms with Crippen molar-refractivity contribution in [3.05, 3.63) is 113 Å². The molecule has 0 aliphatic heterocycles. The molecule has 4 rings (SSSR count). The number of hydrogen-bond donors (Lipinski definition) is 1. The molecule has 0 radical (unpaired) electrons. The van der Waals surface area contributed by atoms with Gasteiger partial charge in [-0.15, -0.1) is 0 Å². The van der Waals surface area contributed by atoms with E-state index in [4.69, 9.17) is 14.2 Å². The highest BCUT2D eigenvalue weighted by molar-refractivity contribution is 5.98. The van der Waals surface area contributed by atoms with E-state index in [0.29, 0.717) is 28.5 Å². The van der Waals surface area contributed by atoms with Crippen molar-refractivity contribution >= 4 is 23.2 Å². The molecule has 1 atom stereocenters. The molecule has 0 saturated heterocycles. The van der Waals surface area contributed by atoms with Gasteiger partial charge in [0, 0.05) is 32.0 Å². The lowest BCUT2D eigenvalue weighted by atomic mass is 10.00. The highest BCUT2D eigenvalue weighted by Gasteiger charge is 2.33. The van der Waals surface area contributed by atoms with Gasteiger partial charge in [-0.25, -0.2) is 0 Å². The van der Waals surface area contributed by atoms with Crippen molar-refractivity contribution in [1.82, 2.24) is 4.90 Å². The maximum absolute atomic E-state index is 14.3. The minimum absolute atomic E-state index is 0.123. The maximum atomic E-state index is 14.3. The van der Waals surface area contributed by atoms with E-state index in [2.05, 4.69) is 5.32 Å². The van der Waals surface area contributed by atoms with Crippen LogP contribution in [0, 0.1) is 6.92 Å². The van der Waals surface area contributed by atoms with Crippen LogP contribution in [0.4, 0.5) is 11.4 Å². The van der Waals surface area contributed by atoms with Crippen LogP contribution in [-0.4, -0.2) is 52.1 Å². The van der Waals surface area contributed by atoms with Gasteiger partial charge in [-0.1, -0.05) is 60.2 Å². The maximum Gasteiger partial charge on any atom is 0.251 e. The number of hydrogen-bond acceptors (Lipinski definition) is 6. The third kappa shape index (κ3) is 7.65. The van der Waals surface area contributed by atoms with E-state index >= 15 is 0 Å². The molecular weight excluding hydrogens is 542 g/mol. The van der Waals surface area contributed by atoms with Crippen LogP contribution in [0.2, 0.25) is 0 Å². The van der Waals surface area contributed by atoms with Crippen LogP contribution < -0.4 is 24.4 Å². The average Bonchev–Trinajstić information content (AvgIpc) is 3.01. The van der Waals surface area contributed by atoms with Gasteiger partial charge in [-0.05, 0) is 60.0 Å². The van der Waals surface area contributed by atoms with Gasteiger partial charge in [0.05, 0.1) is 27.8 Å². The molecule has 0 saturated carbocycles. The Kier molecular flexibility index (Phi) is 10.3. The molecule has 224 valence electrons. The van der Waals surface area contributed by atoms with Crippen LogP contribution >= 0.6 is 0 Å². The second-order valence-corrected chi connectivity index (χ2v) is 10.5. The summed E-state index contributed by atoms with van der Waals surface area (Å²) in [6, 6.07) is 27.4. The molecule has 8 nitrogen and oxygen atoms in total. The van der Waals surface area contributed by atoms with Crippen molar-refractivity contribution in [2.75, 3.05) is 45.6 Å². The van der Waals surface area contributed by atoms with Crippen molar-refractivity contribution < 1.29 is 23.8 Å². The predicted octanol–water partition coefficient (Wildman–Crippen LogP) is 6.04. The van der Waals surface area contributed by atoms with Crippen LogP contribution in [0.15, 0.2) is 91.0 Å². The quantitative estimate of drug-likeness (QED) is 0.220.